The van der Waals surface area contributed by atoms with Gasteiger partial charge in [-0.25, -0.2) is 4.79 Å². The standard InChI is InChI=1S/C22H20O4S/c1-24-19-6-4-7-20(25-2)18(19)13-16(14-23)17-12-15(9-10-21(17)26-3)22-8-5-11-27-22/h4-12H,13H2,1-3H3. The number of hydrogen-bond donors (Lipinski definition) is 0. The molecule has 0 saturated carbocycles. The molecule has 3 aromatic rings. The molecular formula is C22H20O4S. The minimum absolute atomic E-state index is 0.320. The minimum Gasteiger partial charge on any atom is -0.496 e. The number of rotatable bonds is 7. The second-order valence-electron chi connectivity index (χ2n) is 5.79. The smallest absolute Gasteiger partial charge is 0.129 e. The Morgan fingerprint density at radius 2 is 1.63 bits per heavy atom. The van der Waals surface area contributed by atoms with Gasteiger partial charge in [0.1, 0.15) is 23.2 Å². The van der Waals surface area contributed by atoms with Crippen LogP contribution in [0.4, 0.5) is 0 Å². The Balaban J connectivity index is 2.07. The molecule has 0 saturated heterocycles. The van der Waals surface area contributed by atoms with Crippen LogP contribution < -0.4 is 14.2 Å². The SMILES string of the molecule is COc1ccc(-c2cccs2)cc1C(=C=O)Cc1c(OC)cccc1OC. The molecule has 138 valence electrons. The maximum atomic E-state index is 11.9. The summed E-state index contributed by atoms with van der Waals surface area (Å²) in [7, 11) is 4.79. The van der Waals surface area contributed by atoms with Crippen LogP contribution in [0.15, 0.2) is 53.9 Å². The van der Waals surface area contributed by atoms with Crippen LogP contribution in [0.3, 0.4) is 0 Å². The molecular weight excluding hydrogens is 360 g/mol. The van der Waals surface area contributed by atoms with Crippen LogP contribution >= 0.6 is 11.3 Å². The van der Waals surface area contributed by atoms with Crippen molar-refractivity contribution in [1.29, 1.82) is 0 Å². The van der Waals surface area contributed by atoms with Gasteiger partial charge in [-0.3, -0.25) is 0 Å². The summed E-state index contributed by atoms with van der Waals surface area (Å²) in [5, 5.41) is 2.02. The van der Waals surface area contributed by atoms with Crippen LogP contribution in [0.1, 0.15) is 11.1 Å². The van der Waals surface area contributed by atoms with Crippen molar-refractivity contribution in [3.05, 3.63) is 65.0 Å². The van der Waals surface area contributed by atoms with E-state index in [0.29, 0.717) is 34.8 Å². The van der Waals surface area contributed by atoms with E-state index in [0.717, 1.165) is 16.0 Å². The van der Waals surface area contributed by atoms with Gasteiger partial charge in [0.15, 0.2) is 0 Å². The highest BCUT2D eigenvalue weighted by Gasteiger charge is 2.18. The molecule has 2 aromatic carbocycles. The van der Waals surface area contributed by atoms with E-state index in [-0.39, 0.29) is 0 Å². The fraction of sp³-hybridized carbons (Fsp3) is 0.182. The molecule has 0 aliphatic rings. The lowest BCUT2D eigenvalue weighted by Crippen LogP contribution is -2.01. The molecule has 0 fully saturated rings. The highest BCUT2D eigenvalue weighted by molar-refractivity contribution is 7.13. The van der Waals surface area contributed by atoms with Crippen molar-refractivity contribution in [2.45, 2.75) is 6.42 Å². The Morgan fingerprint density at radius 3 is 2.19 bits per heavy atom. The molecule has 3 rings (SSSR count). The van der Waals surface area contributed by atoms with Gasteiger partial charge in [0.05, 0.1) is 26.9 Å². The number of benzene rings is 2. The monoisotopic (exact) mass is 380 g/mol. The fourth-order valence-electron chi connectivity index (χ4n) is 3.01. The van der Waals surface area contributed by atoms with Crippen LogP contribution in [0.25, 0.3) is 16.0 Å². The van der Waals surface area contributed by atoms with Crippen molar-refractivity contribution in [2.75, 3.05) is 21.3 Å². The number of ether oxygens (including phenoxy) is 3. The molecule has 0 aliphatic heterocycles. The van der Waals surface area contributed by atoms with Gasteiger partial charge in [0, 0.05) is 22.4 Å². The zero-order valence-corrected chi connectivity index (χ0v) is 16.3. The second kappa shape index (κ2) is 8.58. The normalized spacial score (nSPS) is 10.2. The van der Waals surface area contributed by atoms with Crippen LogP contribution in [0.5, 0.6) is 17.2 Å². The summed E-state index contributed by atoms with van der Waals surface area (Å²) >= 11 is 1.65. The summed E-state index contributed by atoms with van der Waals surface area (Å²) in [6, 6.07) is 15.4. The minimum atomic E-state index is 0.320. The van der Waals surface area contributed by atoms with Crippen molar-refractivity contribution in [2.24, 2.45) is 0 Å². The Labute approximate surface area is 162 Å². The highest BCUT2D eigenvalue weighted by Crippen LogP contribution is 2.37. The molecule has 27 heavy (non-hydrogen) atoms. The lowest BCUT2D eigenvalue weighted by atomic mass is 9.95. The number of carbonyl (C=O) groups excluding carboxylic acids is 1. The Kier molecular flexibility index (Phi) is 5.97. The molecule has 1 heterocycles. The van der Waals surface area contributed by atoms with E-state index in [4.69, 9.17) is 14.2 Å². The van der Waals surface area contributed by atoms with Crippen molar-refractivity contribution in [3.8, 4) is 27.7 Å². The summed E-state index contributed by atoms with van der Waals surface area (Å²) in [4.78, 5) is 13.0. The van der Waals surface area contributed by atoms with E-state index in [1.165, 1.54) is 0 Å². The summed E-state index contributed by atoms with van der Waals surface area (Å²) in [5.74, 6) is 4.05. The first-order valence-corrected chi connectivity index (χ1v) is 9.26. The van der Waals surface area contributed by atoms with Crippen LogP contribution in [-0.4, -0.2) is 27.3 Å². The molecule has 0 spiro atoms. The van der Waals surface area contributed by atoms with Crippen molar-refractivity contribution < 1.29 is 19.0 Å². The van der Waals surface area contributed by atoms with Gasteiger partial charge in [0.25, 0.3) is 0 Å². The zero-order chi connectivity index (χ0) is 19.2. The Hall–Kier alpha value is -3.01. The predicted molar refractivity (Wildman–Crippen MR) is 109 cm³/mol. The predicted octanol–water partition coefficient (Wildman–Crippen LogP) is 4.90. The third-order valence-corrected chi connectivity index (χ3v) is 5.26. The molecule has 0 N–H and O–H groups in total. The lowest BCUT2D eigenvalue weighted by molar-refractivity contribution is 0.387. The van der Waals surface area contributed by atoms with Crippen molar-refractivity contribution >= 4 is 22.9 Å². The molecule has 1 aromatic heterocycles. The van der Waals surface area contributed by atoms with Crippen molar-refractivity contribution in [3.63, 3.8) is 0 Å². The molecule has 0 bridgehead atoms. The number of methoxy groups -OCH3 is 3. The summed E-state index contributed by atoms with van der Waals surface area (Å²) in [6.45, 7) is 0. The second-order valence-corrected chi connectivity index (χ2v) is 6.74. The van der Waals surface area contributed by atoms with E-state index < -0.39 is 0 Å². The van der Waals surface area contributed by atoms with E-state index in [1.54, 1.807) is 32.7 Å². The first kappa shape index (κ1) is 18.8. The van der Waals surface area contributed by atoms with Gasteiger partial charge in [-0.05, 0) is 47.3 Å². The Bertz CT molecular complexity index is 948. The quantitative estimate of drug-likeness (QED) is 0.547. The van der Waals surface area contributed by atoms with Gasteiger partial charge in [-0.1, -0.05) is 12.1 Å². The lowest BCUT2D eigenvalue weighted by Gasteiger charge is -2.15. The number of hydrogen-bond acceptors (Lipinski definition) is 5. The fourth-order valence-corrected chi connectivity index (χ4v) is 3.73. The van der Waals surface area contributed by atoms with E-state index in [9.17, 15) is 4.79 Å². The topological polar surface area (TPSA) is 44.8 Å². The molecule has 4 nitrogen and oxygen atoms in total. The number of allylic oxidation sites excluding steroid dienone is 1. The van der Waals surface area contributed by atoms with Crippen molar-refractivity contribution in [1.82, 2.24) is 0 Å². The first-order valence-electron chi connectivity index (χ1n) is 8.38. The largest absolute Gasteiger partial charge is 0.496 e. The third-order valence-electron chi connectivity index (χ3n) is 4.34. The van der Waals surface area contributed by atoms with E-state index >= 15 is 0 Å². The maximum absolute atomic E-state index is 11.9. The van der Waals surface area contributed by atoms with E-state index in [1.807, 2.05) is 53.9 Å². The maximum Gasteiger partial charge on any atom is 0.129 e. The van der Waals surface area contributed by atoms with E-state index in [2.05, 4.69) is 5.94 Å². The average Bonchev–Trinajstić information content (AvgIpc) is 3.26. The molecule has 0 unspecified atom stereocenters. The molecule has 0 amide bonds. The van der Waals surface area contributed by atoms with Crippen LogP contribution in [-0.2, 0) is 11.2 Å². The van der Waals surface area contributed by atoms with Gasteiger partial charge in [0.2, 0.25) is 0 Å². The molecule has 0 radical (unpaired) electrons. The molecule has 5 heteroatoms. The van der Waals surface area contributed by atoms with Crippen LogP contribution in [0, 0.1) is 0 Å². The average molecular weight is 380 g/mol. The molecule has 0 aliphatic carbocycles. The summed E-state index contributed by atoms with van der Waals surface area (Å²) in [6.07, 6.45) is 0.320. The summed E-state index contributed by atoms with van der Waals surface area (Å²) in [5.41, 5.74) is 3.02. The summed E-state index contributed by atoms with van der Waals surface area (Å²) < 4.78 is 16.4. The molecule has 0 atom stereocenters. The highest BCUT2D eigenvalue weighted by atomic mass is 32.1. The zero-order valence-electron chi connectivity index (χ0n) is 15.4. The third kappa shape index (κ3) is 3.90. The van der Waals surface area contributed by atoms with Gasteiger partial charge in [-0.2, -0.15) is 0 Å². The van der Waals surface area contributed by atoms with Gasteiger partial charge < -0.3 is 14.2 Å². The Morgan fingerprint density at radius 1 is 0.926 bits per heavy atom. The van der Waals surface area contributed by atoms with Gasteiger partial charge >= 0.3 is 0 Å². The van der Waals surface area contributed by atoms with Crippen LogP contribution in [0.2, 0.25) is 0 Å². The number of thiophene rings is 1. The first-order chi connectivity index (χ1) is 13.2. The van der Waals surface area contributed by atoms with Gasteiger partial charge in [-0.15, -0.1) is 11.3 Å².